The van der Waals surface area contributed by atoms with Gasteiger partial charge in [0.2, 0.25) is 5.88 Å². The Morgan fingerprint density at radius 2 is 1.55 bits per heavy atom. The monoisotopic (exact) mass is 462 g/mol. The minimum absolute atomic E-state index is 0.168. The van der Waals surface area contributed by atoms with E-state index in [4.69, 9.17) is 4.42 Å². The number of furan rings is 1. The Bertz CT molecular complexity index is 1400. The van der Waals surface area contributed by atoms with E-state index in [2.05, 4.69) is 10.0 Å². The SMILES string of the molecule is CCCNc1oc2ccc(NS(=O)(=O)c3ccc(C)cc3)cc2c1C(=O)c1ccc(C)cc1. The van der Waals surface area contributed by atoms with Crippen molar-refractivity contribution in [2.24, 2.45) is 0 Å². The van der Waals surface area contributed by atoms with Gasteiger partial charge in [-0.05, 0) is 50.6 Å². The van der Waals surface area contributed by atoms with E-state index in [-0.39, 0.29) is 10.7 Å². The van der Waals surface area contributed by atoms with Crippen LogP contribution in [0.4, 0.5) is 11.6 Å². The van der Waals surface area contributed by atoms with Crippen LogP contribution in [0.3, 0.4) is 0 Å². The molecule has 0 unspecified atom stereocenters. The van der Waals surface area contributed by atoms with E-state index >= 15 is 0 Å². The second-order valence-electron chi connectivity index (χ2n) is 8.06. The van der Waals surface area contributed by atoms with Crippen molar-refractivity contribution in [2.45, 2.75) is 32.1 Å². The molecule has 3 aromatic carbocycles. The Morgan fingerprint density at radius 3 is 2.18 bits per heavy atom. The second kappa shape index (κ2) is 9.11. The summed E-state index contributed by atoms with van der Waals surface area (Å²) in [6, 6.07) is 18.9. The number of aryl methyl sites for hydroxylation is 2. The number of rotatable bonds is 8. The van der Waals surface area contributed by atoms with Gasteiger partial charge in [-0.2, -0.15) is 0 Å². The summed E-state index contributed by atoms with van der Waals surface area (Å²) in [6.07, 6.45) is 0.858. The first-order valence-electron chi connectivity index (χ1n) is 10.8. The van der Waals surface area contributed by atoms with Gasteiger partial charge in [0.25, 0.3) is 10.0 Å². The number of carbonyl (C=O) groups excluding carboxylic acids is 1. The average Bonchev–Trinajstić information content (AvgIpc) is 3.15. The lowest BCUT2D eigenvalue weighted by molar-refractivity contribution is 0.104. The minimum Gasteiger partial charge on any atom is -0.440 e. The quantitative estimate of drug-likeness (QED) is 0.318. The van der Waals surface area contributed by atoms with E-state index in [9.17, 15) is 13.2 Å². The molecule has 7 heteroatoms. The van der Waals surface area contributed by atoms with Crippen LogP contribution in [0.5, 0.6) is 0 Å². The van der Waals surface area contributed by atoms with Crippen molar-refractivity contribution < 1.29 is 17.6 Å². The molecule has 0 fully saturated rings. The zero-order chi connectivity index (χ0) is 23.6. The number of hydrogen-bond acceptors (Lipinski definition) is 5. The van der Waals surface area contributed by atoms with Crippen LogP contribution in [-0.4, -0.2) is 20.7 Å². The summed E-state index contributed by atoms with van der Waals surface area (Å²) in [7, 11) is -3.78. The van der Waals surface area contributed by atoms with E-state index in [1.807, 2.05) is 32.9 Å². The largest absolute Gasteiger partial charge is 0.440 e. The minimum atomic E-state index is -3.78. The third kappa shape index (κ3) is 4.78. The predicted octanol–water partition coefficient (Wildman–Crippen LogP) is 5.90. The molecule has 6 nitrogen and oxygen atoms in total. The summed E-state index contributed by atoms with van der Waals surface area (Å²) < 4.78 is 34.3. The third-order valence-corrected chi connectivity index (χ3v) is 6.75. The molecule has 4 rings (SSSR count). The van der Waals surface area contributed by atoms with Crippen molar-refractivity contribution in [1.82, 2.24) is 0 Å². The Balaban J connectivity index is 1.77. The molecule has 2 N–H and O–H groups in total. The summed E-state index contributed by atoms with van der Waals surface area (Å²) in [5, 5.41) is 3.73. The first kappa shape index (κ1) is 22.6. The van der Waals surface area contributed by atoms with Gasteiger partial charge in [0.15, 0.2) is 5.78 Å². The highest BCUT2D eigenvalue weighted by atomic mass is 32.2. The molecule has 0 aliphatic heterocycles. The zero-order valence-corrected chi connectivity index (χ0v) is 19.6. The van der Waals surface area contributed by atoms with Gasteiger partial charge in [0.1, 0.15) is 5.58 Å². The lowest BCUT2D eigenvalue weighted by atomic mass is 10.0. The number of ketones is 1. The Labute approximate surface area is 193 Å². The van der Waals surface area contributed by atoms with E-state index in [0.717, 1.165) is 17.5 Å². The highest BCUT2D eigenvalue weighted by molar-refractivity contribution is 7.92. The van der Waals surface area contributed by atoms with Crippen molar-refractivity contribution in [3.05, 3.63) is 89.0 Å². The van der Waals surface area contributed by atoms with E-state index in [1.54, 1.807) is 54.6 Å². The Hall–Kier alpha value is -3.58. The Morgan fingerprint density at radius 1 is 0.909 bits per heavy atom. The second-order valence-corrected chi connectivity index (χ2v) is 9.74. The number of anilines is 2. The third-order valence-electron chi connectivity index (χ3n) is 5.35. The van der Waals surface area contributed by atoms with Crippen LogP contribution in [0.15, 0.2) is 76.0 Å². The molecule has 0 saturated carbocycles. The fourth-order valence-corrected chi connectivity index (χ4v) is 4.58. The van der Waals surface area contributed by atoms with Crippen molar-refractivity contribution in [1.29, 1.82) is 0 Å². The zero-order valence-electron chi connectivity index (χ0n) is 18.8. The first-order chi connectivity index (χ1) is 15.8. The molecule has 0 spiro atoms. The Kier molecular flexibility index (Phi) is 6.24. The lowest BCUT2D eigenvalue weighted by Gasteiger charge is -2.09. The van der Waals surface area contributed by atoms with Gasteiger partial charge in [0, 0.05) is 23.2 Å². The average molecular weight is 463 g/mol. The molecule has 0 aliphatic carbocycles. The maximum Gasteiger partial charge on any atom is 0.261 e. The van der Waals surface area contributed by atoms with Crippen molar-refractivity contribution in [3.63, 3.8) is 0 Å². The molecule has 170 valence electrons. The van der Waals surface area contributed by atoms with Crippen molar-refractivity contribution in [2.75, 3.05) is 16.6 Å². The number of benzene rings is 3. The highest BCUT2D eigenvalue weighted by Gasteiger charge is 2.23. The number of hydrogen-bond donors (Lipinski definition) is 2. The van der Waals surface area contributed by atoms with Gasteiger partial charge in [-0.1, -0.05) is 54.4 Å². The maximum absolute atomic E-state index is 13.4. The molecule has 0 bridgehead atoms. The summed E-state index contributed by atoms with van der Waals surface area (Å²) in [4.78, 5) is 13.6. The highest BCUT2D eigenvalue weighted by Crippen LogP contribution is 2.34. The van der Waals surface area contributed by atoms with E-state index < -0.39 is 10.0 Å². The van der Waals surface area contributed by atoms with Gasteiger partial charge in [-0.25, -0.2) is 8.42 Å². The molecule has 1 aromatic heterocycles. The van der Waals surface area contributed by atoms with Gasteiger partial charge in [-0.15, -0.1) is 0 Å². The summed E-state index contributed by atoms with van der Waals surface area (Å²) in [5.41, 5.74) is 3.80. The normalized spacial score (nSPS) is 11.5. The van der Waals surface area contributed by atoms with Crippen molar-refractivity contribution >= 4 is 38.3 Å². The topological polar surface area (TPSA) is 88.4 Å². The standard InChI is InChI=1S/C26H26N2O4S/c1-4-15-27-26-24(25(29)19-9-5-17(2)6-10-19)22-16-20(11-14-23(22)32-26)28-33(30,31)21-12-7-18(3)8-13-21/h5-14,16,27-28H,4,15H2,1-3H3. The van der Waals surface area contributed by atoms with Crippen LogP contribution >= 0.6 is 0 Å². The molecule has 0 amide bonds. The van der Waals surface area contributed by atoms with Gasteiger partial charge in [0.05, 0.1) is 10.5 Å². The van der Waals surface area contributed by atoms with E-state index in [1.165, 1.54) is 0 Å². The fourth-order valence-electron chi connectivity index (χ4n) is 3.53. The summed E-state index contributed by atoms with van der Waals surface area (Å²) >= 11 is 0. The summed E-state index contributed by atoms with van der Waals surface area (Å²) in [5.74, 6) is 0.196. The fraction of sp³-hybridized carbons (Fsp3) is 0.192. The van der Waals surface area contributed by atoms with Crippen LogP contribution < -0.4 is 10.0 Å². The van der Waals surface area contributed by atoms with Crippen molar-refractivity contribution in [3.8, 4) is 0 Å². The smallest absolute Gasteiger partial charge is 0.261 e. The molecular weight excluding hydrogens is 436 g/mol. The number of fused-ring (bicyclic) bond motifs is 1. The molecule has 4 aromatic rings. The lowest BCUT2D eigenvalue weighted by Crippen LogP contribution is -2.13. The van der Waals surface area contributed by atoms with Crippen LogP contribution in [-0.2, 0) is 10.0 Å². The molecule has 0 aliphatic rings. The molecule has 0 saturated heterocycles. The number of carbonyl (C=O) groups is 1. The van der Waals surface area contributed by atoms with Gasteiger partial charge >= 0.3 is 0 Å². The van der Waals surface area contributed by atoms with Crippen LogP contribution in [0, 0.1) is 13.8 Å². The van der Waals surface area contributed by atoms with E-state index in [0.29, 0.717) is 40.2 Å². The maximum atomic E-state index is 13.4. The number of nitrogens with one attached hydrogen (secondary N) is 2. The molecule has 33 heavy (non-hydrogen) atoms. The molecule has 0 radical (unpaired) electrons. The predicted molar refractivity (Wildman–Crippen MR) is 132 cm³/mol. The van der Waals surface area contributed by atoms with Gasteiger partial charge < -0.3 is 9.73 Å². The first-order valence-corrected chi connectivity index (χ1v) is 12.3. The number of sulfonamides is 1. The summed E-state index contributed by atoms with van der Waals surface area (Å²) in [6.45, 7) is 6.52. The van der Waals surface area contributed by atoms with Gasteiger partial charge in [-0.3, -0.25) is 9.52 Å². The molecule has 0 atom stereocenters. The molecular formula is C26H26N2O4S. The van der Waals surface area contributed by atoms with Crippen LogP contribution in [0.2, 0.25) is 0 Å². The molecule has 1 heterocycles. The van der Waals surface area contributed by atoms with Crippen LogP contribution in [0.25, 0.3) is 11.0 Å². The van der Waals surface area contributed by atoms with Crippen LogP contribution in [0.1, 0.15) is 40.4 Å².